The molecule has 7 heteroatoms. The number of rotatable bonds is 2. The van der Waals surface area contributed by atoms with Crippen LogP contribution in [0.3, 0.4) is 0 Å². The number of ether oxygens (including phenoxy) is 1. The molecule has 0 aliphatic carbocycles. The summed E-state index contributed by atoms with van der Waals surface area (Å²) in [6, 6.07) is 9.89. The van der Waals surface area contributed by atoms with E-state index in [1.54, 1.807) is 24.3 Å². The summed E-state index contributed by atoms with van der Waals surface area (Å²) in [6.07, 6.45) is 0. The van der Waals surface area contributed by atoms with Crippen LogP contribution in [0.1, 0.15) is 23.0 Å². The maximum Gasteiger partial charge on any atom is 0.228 e. The summed E-state index contributed by atoms with van der Waals surface area (Å²) in [5.41, 5.74) is 6.03. The van der Waals surface area contributed by atoms with E-state index in [-0.39, 0.29) is 28.7 Å². The van der Waals surface area contributed by atoms with Gasteiger partial charge in [0.1, 0.15) is 24.0 Å². The topological polar surface area (TPSA) is 109 Å². The van der Waals surface area contributed by atoms with E-state index in [2.05, 4.69) is 0 Å². The summed E-state index contributed by atoms with van der Waals surface area (Å²) in [5, 5.41) is 19.1. The van der Waals surface area contributed by atoms with Crippen molar-refractivity contribution in [2.24, 2.45) is 5.73 Å². The zero-order valence-corrected chi connectivity index (χ0v) is 12.5. The lowest BCUT2D eigenvalue weighted by molar-refractivity contribution is 0.231. The first-order chi connectivity index (χ1) is 11.0. The van der Waals surface area contributed by atoms with Gasteiger partial charge in [-0.2, -0.15) is 5.26 Å². The maximum atomic E-state index is 12.1. The Morgan fingerprint density at radius 3 is 2.83 bits per heavy atom. The van der Waals surface area contributed by atoms with E-state index in [0.717, 1.165) is 6.07 Å². The quantitative estimate of drug-likeness (QED) is 0.871. The number of benzene rings is 1. The highest BCUT2D eigenvalue weighted by molar-refractivity contribution is 6.30. The highest BCUT2D eigenvalue weighted by Crippen LogP contribution is 2.41. The normalized spacial score (nSPS) is 16.5. The summed E-state index contributed by atoms with van der Waals surface area (Å²) in [6.45, 7) is -0.453. The molecule has 1 atom stereocenters. The van der Waals surface area contributed by atoms with Crippen LogP contribution in [0.2, 0.25) is 5.02 Å². The van der Waals surface area contributed by atoms with E-state index in [9.17, 15) is 15.2 Å². The predicted molar refractivity (Wildman–Crippen MR) is 81.7 cm³/mol. The van der Waals surface area contributed by atoms with Gasteiger partial charge >= 0.3 is 0 Å². The van der Waals surface area contributed by atoms with Gasteiger partial charge in [-0.1, -0.05) is 23.7 Å². The van der Waals surface area contributed by atoms with Crippen LogP contribution in [-0.2, 0) is 6.61 Å². The summed E-state index contributed by atoms with van der Waals surface area (Å²) >= 11 is 6.01. The van der Waals surface area contributed by atoms with Crippen LogP contribution < -0.4 is 15.9 Å². The van der Waals surface area contributed by atoms with E-state index in [0.29, 0.717) is 10.6 Å². The van der Waals surface area contributed by atoms with E-state index >= 15 is 0 Å². The first-order valence-corrected chi connectivity index (χ1v) is 7.03. The van der Waals surface area contributed by atoms with Gasteiger partial charge in [-0.25, -0.2) is 0 Å². The lowest BCUT2D eigenvalue weighted by atomic mass is 9.87. The zero-order chi connectivity index (χ0) is 16.6. The maximum absolute atomic E-state index is 12.1. The average Bonchev–Trinajstić information content (AvgIpc) is 2.54. The second-order valence-electron chi connectivity index (χ2n) is 4.91. The van der Waals surface area contributed by atoms with Gasteiger partial charge in [-0.15, -0.1) is 0 Å². The first-order valence-electron chi connectivity index (χ1n) is 6.66. The third kappa shape index (κ3) is 2.57. The van der Waals surface area contributed by atoms with E-state index in [1.165, 1.54) is 0 Å². The monoisotopic (exact) mass is 330 g/mol. The smallest absolute Gasteiger partial charge is 0.228 e. The molecule has 1 aliphatic rings. The van der Waals surface area contributed by atoms with Gasteiger partial charge in [-0.3, -0.25) is 4.79 Å². The number of aliphatic hydroxyl groups is 1. The van der Waals surface area contributed by atoms with Crippen LogP contribution in [0, 0.1) is 11.3 Å². The molecule has 2 aromatic rings. The van der Waals surface area contributed by atoms with Crippen LogP contribution in [0.25, 0.3) is 0 Å². The first kappa shape index (κ1) is 15.2. The molecule has 6 nitrogen and oxygen atoms in total. The summed E-state index contributed by atoms with van der Waals surface area (Å²) in [7, 11) is 0. The highest BCUT2D eigenvalue weighted by atomic mass is 35.5. The number of nitrogens with zero attached hydrogens (tertiary/aromatic N) is 1. The van der Waals surface area contributed by atoms with Crippen LogP contribution in [0.15, 0.2) is 51.0 Å². The second-order valence-corrected chi connectivity index (χ2v) is 5.34. The molecule has 1 aromatic heterocycles. The lowest BCUT2D eigenvalue weighted by Gasteiger charge is -2.24. The molecule has 0 saturated heterocycles. The fraction of sp³-hybridized carbons (Fsp3) is 0.125. The Bertz CT molecular complexity index is 911. The number of nitrogens with two attached hydrogens (primary N) is 1. The Morgan fingerprint density at radius 1 is 1.39 bits per heavy atom. The largest absolute Gasteiger partial charge is 0.458 e. The van der Waals surface area contributed by atoms with E-state index in [4.69, 9.17) is 26.5 Å². The number of hydrogen-bond donors (Lipinski definition) is 2. The van der Waals surface area contributed by atoms with E-state index in [1.807, 2.05) is 6.07 Å². The fourth-order valence-electron chi connectivity index (χ4n) is 2.48. The third-order valence-electron chi connectivity index (χ3n) is 3.47. The van der Waals surface area contributed by atoms with Crippen LogP contribution in [-0.4, -0.2) is 5.11 Å². The van der Waals surface area contributed by atoms with Crippen molar-refractivity contribution in [2.45, 2.75) is 12.5 Å². The SMILES string of the molecule is N#CC1=C(N)Oc2c(oc(CO)cc2=O)[C@@H]1c1cccc(Cl)c1. The molecule has 3 N–H and O–H groups in total. The molecule has 3 rings (SSSR count). The zero-order valence-electron chi connectivity index (χ0n) is 11.7. The summed E-state index contributed by atoms with van der Waals surface area (Å²) in [5.74, 6) is -0.795. The minimum Gasteiger partial charge on any atom is -0.458 e. The average molecular weight is 331 g/mol. The second kappa shape index (κ2) is 5.80. The number of allylic oxidation sites excluding steroid dienone is 1. The molecule has 2 heterocycles. The van der Waals surface area contributed by atoms with E-state index < -0.39 is 18.0 Å². The van der Waals surface area contributed by atoms with Crippen LogP contribution in [0.4, 0.5) is 0 Å². The minimum atomic E-state index is -0.735. The minimum absolute atomic E-state index is 0.0714. The molecule has 23 heavy (non-hydrogen) atoms. The van der Waals surface area contributed by atoms with Gasteiger partial charge in [0, 0.05) is 11.1 Å². The molecule has 116 valence electrons. The highest BCUT2D eigenvalue weighted by Gasteiger charge is 2.35. The molecular weight excluding hydrogens is 320 g/mol. The van der Waals surface area contributed by atoms with Crippen LogP contribution in [0.5, 0.6) is 5.75 Å². The van der Waals surface area contributed by atoms with Crippen LogP contribution >= 0.6 is 11.6 Å². The lowest BCUT2D eigenvalue weighted by Crippen LogP contribution is -2.25. The van der Waals surface area contributed by atoms with Crippen molar-refractivity contribution in [3.05, 3.63) is 74.1 Å². The van der Waals surface area contributed by atoms with Gasteiger partial charge < -0.3 is 20.0 Å². The number of aliphatic hydroxyl groups excluding tert-OH is 1. The van der Waals surface area contributed by atoms with Gasteiger partial charge in [0.25, 0.3) is 0 Å². The van der Waals surface area contributed by atoms with Crippen molar-refractivity contribution in [1.29, 1.82) is 5.26 Å². The summed E-state index contributed by atoms with van der Waals surface area (Å²) in [4.78, 5) is 12.1. The Kier molecular flexibility index (Phi) is 3.82. The van der Waals surface area contributed by atoms with Gasteiger partial charge in [0.15, 0.2) is 5.76 Å². The van der Waals surface area contributed by atoms with Crippen molar-refractivity contribution in [2.75, 3.05) is 0 Å². The predicted octanol–water partition coefficient (Wildman–Crippen LogP) is 2.00. The number of halogens is 1. The van der Waals surface area contributed by atoms with Crippen molar-refractivity contribution in [3.63, 3.8) is 0 Å². The number of fused-ring (bicyclic) bond motifs is 1. The Balaban J connectivity index is 2.31. The van der Waals surface area contributed by atoms with Gasteiger partial charge in [0.05, 0.1) is 5.92 Å². The van der Waals surface area contributed by atoms with Crippen molar-refractivity contribution in [1.82, 2.24) is 0 Å². The number of nitriles is 1. The number of hydrogen-bond acceptors (Lipinski definition) is 6. The van der Waals surface area contributed by atoms with Crippen molar-refractivity contribution >= 4 is 11.6 Å². The third-order valence-corrected chi connectivity index (χ3v) is 3.70. The fourth-order valence-corrected chi connectivity index (χ4v) is 2.68. The molecule has 0 radical (unpaired) electrons. The van der Waals surface area contributed by atoms with Crippen molar-refractivity contribution in [3.8, 4) is 11.8 Å². The Labute approximate surface area is 136 Å². The molecule has 0 amide bonds. The Morgan fingerprint density at radius 2 is 2.17 bits per heavy atom. The molecule has 0 fully saturated rings. The van der Waals surface area contributed by atoms with Crippen molar-refractivity contribution < 1.29 is 14.3 Å². The molecule has 1 aromatic carbocycles. The van der Waals surface area contributed by atoms with Gasteiger partial charge in [0.2, 0.25) is 17.1 Å². The Hall–Kier alpha value is -2.75. The molecule has 0 saturated carbocycles. The molecule has 0 unspecified atom stereocenters. The standard InChI is InChI=1S/C16H11ClN2O4/c17-9-3-1-2-8(4-9)13-11(6-18)16(19)23-14-12(21)5-10(7-20)22-15(13)14/h1-5,13,20H,7,19H2/t13-/m1/s1. The van der Waals surface area contributed by atoms with Gasteiger partial charge in [-0.05, 0) is 17.7 Å². The molecular formula is C16H11ClN2O4. The summed E-state index contributed by atoms with van der Waals surface area (Å²) < 4.78 is 10.8. The molecule has 1 aliphatic heterocycles. The molecule has 0 bridgehead atoms. The molecule has 0 spiro atoms.